The minimum Gasteiger partial charge on any atom is -0.338 e. The van der Waals surface area contributed by atoms with Crippen LogP contribution >= 0.6 is 0 Å². The Morgan fingerprint density at radius 2 is 2.29 bits per heavy atom. The van der Waals surface area contributed by atoms with Crippen LogP contribution in [0, 0.1) is 0 Å². The van der Waals surface area contributed by atoms with Crippen LogP contribution in [0.5, 0.6) is 0 Å². The Bertz CT molecular complexity index is 336. The van der Waals surface area contributed by atoms with Crippen molar-refractivity contribution in [1.82, 2.24) is 9.62 Å². The largest absolute Gasteiger partial charge is 0.338 e. The zero-order valence-corrected chi connectivity index (χ0v) is 8.88. The van der Waals surface area contributed by atoms with Crippen molar-refractivity contribution in [2.45, 2.75) is 11.7 Å². The lowest BCUT2D eigenvalue weighted by molar-refractivity contribution is -0.124. The van der Waals surface area contributed by atoms with Crippen LogP contribution in [0.1, 0.15) is 6.42 Å². The molecule has 0 spiro atoms. The van der Waals surface area contributed by atoms with Crippen molar-refractivity contribution in [3.8, 4) is 0 Å². The van der Waals surface area contributed by atoms with Gasteiger partial charge in [0.1, 0.15) is 0 Å². The Labute approximate surface area is 83.8 Å². The summed E-state index contributed by atoms with van der Waals surface area (Å²) in [6.45, 7) is 4.10. The molecule has 80 valence electrons. The molecule has 0 aromatic rings. The molecule has 0 bridgehead atoms. The molecule has 1 saturated heterocycles. The molecule has 1 rings (SSSR count). The molecule has 1 unspecified atom stereocenters. The minimum atomic E-state index is -3.25. The second-order valence-corrected chi connectivity index (χ2v) is 5.31. The van der Waals surface area contributed by atoms with E-state index in [-0.39, 0.29) is 12.5 Å². The Kier molecular flexibility index (Phi) is 3.28. The number of hydrogen-bond donors (Lipinski definition) is 1. The highest BCUT2D eigenvalue weighted by Gasteiger charge is 2.33. The van der Waals surface area contributed by atoms with E-state index in [1.807, 2.05) is 0 Å². The maximum absolute atomic E-state index is 11.4. The molecule has 5 nitrogen and oxygen atoms in total. The lowest BCUT2D eigenvalue weighted by Gasteiger charge is -2.13. The standard InChI is InChI=1S/C8H14N2O3S/c1-3-8(11)10-5-4-7(6-10)14(12,13)9-2/h3,7,9H,1,4-6H2,2H3. The molecule has 0 aliphatic carbocycles. The van der Waals surface area contributed by atoms with Gasteiger partial charge in [-0.15, -0.1) is 0 Å². The molecule has 1 aliphatic heterocycles. The van der Waals surface area contributed by atoms with Crippen molar-refractivity contribution in [1.29, 1.82) is 0 Å². The smallest absolute Gasteiger partial charge is 0.245 e. The number of hydrogen-bond acceptors (Lipinski definition) is 3. The highest BCUT2D eigenvalue weighted by molar-refractivity contribution is 7.90. The summed E-state index contributed by atoms with van der Waals surface area (Å²) in [6, 6.07) is 0. The van der Waals surface area contributed by atoms with Crippen LogP contribution in [0.3, 0.4) is 0 Å². The van der Waals surface area contributed by atoms with Crippen molar-refractivity contribution in [2.75, 3.05) is 20.1 Å². The van der Waals surface area contributed by atoms with Crippen LogP contribution in [0.4, 0.5) is 0 Å². The SMILES string of the molecule is C=CC(=O)N1CCC(S(=O)(=O)NC)C1. The maximum atomic E-state index is 11.4. The van der Waals surface area contributed by atoms with Crippen LogP contribution in [0.2, 0.25) is 0 Å². The predicted molar refractivity (Wildman–Crippen MR) is 53.2 cm³/mol. The van der Waals surface area contributed by atoms with Crippen molar-refractivity contribution in [3.63, 3.8) is 0 Å². The number of nitrogens with one attached hydrogen (secondary N) is 1. The second kappa shape index (κ2) is 4.10. The summed E-state index contributed by atoms with van der Waals surface area (Å²) in [5.41, 5.74) is 0. The first kappa shape index (κ1) is 11.2. The summed E-state index contributed by atoms with van der Waals surface area (Å²) in [5.74, 6) is -0.209. The van der Waals surface area contributed by atoms with E-state index in [4.69, 9.17) is 0 Å². The van der Waals surface area contributed by atoms with E-state index in [2.05, 4.69) is 11.3 Å². The number of sulfonamides is 1. The molecule has 1 aliphatic rings. The molecule has 14 heavy (non-hydrogen) atoms. The third kappa shape index (κ3) is 2.13. The monoisotopic (exact) mass is 218 g/mol. The highest BCUT2D eigenvalue weighted by Crippen LogP contribution is 2.15. The zero-order valence-electron chi connectivity index (χ0n) is 8.06. The number of carbonyl (C=O) groups excluding carboxylic acids is 1. The van der Waals surface area contributed by atoms with Crippen LogP contribution in [0.25, 0.3) is 0 Å². The van der Waals surface area contributed by atoms with Gasteiger partial charge in [-0.1, -0.05) is 6.58 Å². The molecule has 1 N–H and O–H groups in total. The van der Waals surface area contributed by atoms with Gasteiger partial charge < -0.3 is 4.90 Å². The molecule has 6 heteroatoms. The van der Waals surface area contributed by atoms with Gasteiger partial charge in [-0.05, 0) is 19.5 Å². The van der Waals surface area contributed by atoms with Crippen molar-refractivity contribution in [3.05, 3.63) is 12.7 Å². The molecular weight excluding hydrogens is 204 g/mol. The molecule has 1 heterocycles. The molecule has 0 aromatic carbocycles. The second-order valence-electron chi connectivity index (χ2n) is 3.15. The molecule has 0 saturated carbocycles. The van der Waals surface area contributed by atoms with Gasteiger partial charge in [-0.25, -0.2) is 13.1 Å². The lowest BCUT2D eigenvalue weighted by Crippen LogP contribution is -2.35. The molecule has 1 amide bonds. The predicted octanol–water partition coefficient (Wildman–Crippen LogP) is -0.677. The van der Waals surface area contributed by atoms with Crippen molar-refractivity contribution < 1.29 is 13.2 Å². The van der Waals surface area contributed by atoms with Gasteiger partial charge in [0.05, 0.1) is 5.25 Å². The fraction of sp³-hybridized carbons (Fsp3) is 0.625. The van der Waals surface area contributed by atoms with Crippen LogP contribution in [-0.4, -0.2) is 44.6 Å². The van der Waals surface area contributed by atoms with E-state index in [0.29, 0.717) is 13.0 Å². The van der Waals surface area contributed by atoms with Crippen LogP contribution in [0.15, 0.2) is 12.7 Å². The van der Waals surface area contributed by atoms with Gasteiger partial charge in [-0.2, -0.15) is 0 Å². The first-order valence-electron chi connectivity index (χ1n) is 4.35. The topological polar surface area (TPSA) is 66.5 Å². The number of amides is 1. The molecule has 0 radical (unpaired) electrons. The highest BCUT2D eigenvalue weighted by atomic mass is 32.2. The Morgan fingerprint density at radius 1 is 1.64 bits per heavy atom. The number of likely N-dealkylation sites (tertiary alicyclic amines) is 1. The van der Waals surface area contributed by atoms with Crippen molar-refractivity contribution in [2.24, 2.45) is 0 Å². The Balaban J connectivity index is 2.67. The number of nitrogens with zero attached hydrogens (tertiary/aromatic N) is 1. The zero-order chi connectivity index (χ0) is 10.8. The van der Waals surface area contributed by atoms with Gasteiger partial charge in [0, 0.05) is 13.1 Å². The quantitative estimate of drug-likeness (QED) is 0.638. The fourth-order valence-corrected chi connectivity index (χ4v) is 2.60. The number of rotatable bonds is 3. The Hall–Kier alpha value is -0.880. The third-order valence-corrected chi connectivity index (χ3v) is 4.19. The summed E-state index contributed by atoms with van der Waals surface area (Å²) in [6.07, 6.45) is 1.69. The van der Waals surface area contributed by atoms with E-state index >= 15 is 0 Å². The summed E-state index contributed by atoms with van der Waals surface area (Å²) in [4.78, 5) is 12.7. The first-order chi connectivity index (χ1) is 6.51. The van der Waals surface area contributed by atoms with Crippen LogP contribution < -0.4 is 4.72 Å². The average Bonchev–Trinajstić information content (AvgIpc) is 2.66. The minimum absolute atomic E-state index is 0.209. The summed E-state index contributed by atoms with van der Waals surface area (Å²) in [7, 11) is -1.87. The summed E-state index contributed by atoms with van der Waals surface area (Å²) < 4.78 is 25.0. The molecule has 1 fully saturated rings. The molecule has 0 aromatic heterocycles. The van der Waals surface area contributed by atoms with Gasteiger partial charge >= 0.3 is 0 Å². The normalized spacial score (nSPS) is 22.4. The van der Waals surface area contributed by atoms with E-state index in [0.717, 1.165) is 0 Å². The van der Waals surface area contributed by atoms with E-state index in [1.165, 1.54) is 18.0 Å². The van der Waals surface area contributed by atoms with E-state index < -0.39 is 15.3 Å². The average molecular weight is 218 g/mol. The summed E-state index contributed by atoms with van der Waals surface area (Å²) >= 11 is 0. The maximum Gasteiger partial charge on any atom is 0.245 e. The number of carbonyl (C=O) groups is 1. The van der Waals surface area contributed by atoms with Crippen LogP contribution in [-0.2, 0) is 14.8 Å². The molecule has 1 atom stereocenters. The fourth-order valence-electron chi connectivity index (χ4n) is 1.48. The van der Waals surface area contributed by atoms with Gasteiger partial charge in [0.2, 0.25) is 15.9 Å². The van der Waals surface area contributed by atoms with Gasteiger partial charge in [0.15, 0.2) is 0 Å². The molecular formula is C8H14N2O3S. The third-order valence-electron chi connectivity index (χ3n) is 2.35. The van der Waals surface area contributed by atoms with Gasteiger partial charge in [0.25, 0.3) is 0 Å². The first-order valence-corrected chi connectivity index (χ1v) is 5.89. The summed E-state index contributed by atoms with van der Waals surface area (Å²) in [5, 5.41) is -0.489. The Morgan fingerprint density at radius 3 is 2.79 bits per heavy atom. The van der Waals surface area contributed by atoms with Crippen molar-refractivity contribution >= 4 is 15.9 Å². The lowest BCUT2D eigenvalue weighted by atomic mass is 10.4. The van der Waals surface area contributed by atoms with E-state index in [9.17, 15) is 13.2 Å². The van der Waals surface area contributed by atoms with E-state index in [1.54, 1.807) is 0 Å². The van der Waals surface area contributed by atoms with Gasteiger partial charge in [-0.3, -0.25) is 4.79 Å².